The topological polar surface area (TPSA) is 44.0 Å². The fourth-order valence-corrected chi connectivity index (χ4v) is 2.35. The van der Waals surface area contributed by atoms with Crippen LogP contribution in [0.2, 0.25) is 0 Å². The number of hydrogen-bond acceptors (Lipinski definition) is 2. The molecule has 3 rings (SSSR count). The van der Waals surface area contributed by atoms with Crippen LogP contribution in [0.25, 0.3) is 0 Å². The van der Waals surface area contributed by atoms with Crippen molar-refractivity contribution in [2.75, 3.05) is 0 Å². The minimum Gasteiger partial charge on any atom is -0.296 e. The Kier molecular flexibility index (Phi) is 3.30. The van der Waals surface area contributed by atoms with Gasteiger partial charge >= 0.3 is 5.69 Å². The maximum Gasteiger partial charge on any atom is 0.328 e. The lowest BCUT2D eigenvalue weighted by molar-refractivity contribution is 0.0970. The maximum atomic E-state index is 12.2. The second kappa shape index (κ2) is 5.12. The number of aryl methyl sites for hydroxylation is 1. The number of Topliss-reactive ketones (excluding diaryl/α,β-unsaturated/α-hetero) is 1. The van der Waals surface area contributed by atoms with Gasteiger partial charge in [-0.3, -0.25) is 13.9 Å². The number of benzene rings is 1. The first kappa shape index (κ1) is 12.9. The monoisotopic (exact) mass is 270 g/mol. The summed E-state index contributed by atoms with van der Waals surface area (Å²) in [7, 11) is 0. The number of aromatic nitrogens is 2. The van der Waals surface area contributed by atoms with Crippen molar-refractivity contribution < 1.29 is 4.79 Å². The van der Waals surface area contributed by atoms with Gasteiger partial charge in [0, 0.05) is 24.0 Å². The fourth-order valence-electron chi connectivity index (χ4n) is 2.35. The van der Waals surface area contributed by atoms with Crippen molar-refractivity contribution in [3.05, 3.63) is 58.3 Å². The van der Waals surface area contributed by atoms with E-state index in [9.17, 15) is 9.59 Å². The van der Waals surface area contributed by atoms with Crippen LogP contribution in [-0.2, 0) is 13.0 Å². The zero-order valence-electron chi connectivity index (χ0n) is 11.6. The summed E-state index contributed by atoms with van der Waals surface area (Å²) >= 11 is 0. The van der Waals surface area contributed by atoms with Gasteiger partial charge in [-0.15, -0.1) is 0 Å². The summed E-state index contributed by atoms with van der Waals surface area (Å²) in [6.07, 6.45) is 6.58. The molecule has 0 saturated heterocycles. The van der Waals surface area contributed by atoms with E-state index in [1.807, 2.05) is 24.3 Å². The molecule has 2 aromatic rings. The molecule has 1 saturated carbocycles. The molecule has 1 aromatic heterocycles. The summed E-state index contributed by atoms with van der Waals surface area (Å²) in [5.74, 6) is -0.0247. The number of nitrogens with zero attached hydrogens (tertiary/aromatic N) is 2. The van der Waals surface area contributed by atoms with Gasteiger partial charge in [0.1, 0.15) is 0 Å². The summed E-state index contributed by atoms with van der Waals surface area (Å²) in [5.41, 5.74) is 1.79. The van der Waals surface area contributed by atoms with E-state index < -0.39 is 0 Å². The number of rotatable bonds is 5. The molecule has 0 radical (unpaired) electrons. The Labute approximate surface area is 117 Å². The zero-order chi connectivity index (χ0) is 14.1. The zero-order valence-corrected chi connectivity index (χ0v) is 11.6. The van der Waals surface area contributed by atoms with Crippen molar-refractivity contribution >= 4 is 5.78 Å². The van der Waals surface area contributed by atoms with E-state index in [1.54, 1.807) is 17.0 Å². The van der Waals surface area contributed by atoms with Crippen molar-refractivity contribution in [2.45, 2.75) is 38.8 Å². The molecule has 1 aromatic carbocycles. The lowest BCUT2D eigenvalue weighted by Crippen LogP contribution is -2.26. The summed E-state index contributed by atoms with van der Waals surface area (Å²) in [6.45, 7) is 2.20. The quantitative estimate of drug-likeness (QED) is 0.783. The average molecular weight is 270 g/mol. The number of carbonyl (C=O) groups is 1. The summed E-state index contributed by atoms with van der Waals surface area (Å²) < 4.78 is 3.22. The summed E-state index contributed by atoms with van der Waals surface area (Å²) in [6, 6.07) is 7.95. The molecule has 0 N–H and O–H groups in total. The number of ketones is 1. The molecule has 0 bridgehead atoms. The number of hydrogen-bond donors (Lipinski definition) is 0. The molecule has 1 heterocycles. The Morgan fingerprint density at radius 3 is 2.50 bits per heavy atom. The lowest BCUT2D eigenvalue weighted by atomic mass is 10.1. The van der Waals surface area contributed by atoms with Crippen LogP contribution in [0, 0.1) is 0 Å². The smallest absolute Gasteiger partial charge is 0.296 e. The van der Waals surface area contributed by atoms with Gasteiger partial charge in [-0.05, 0) is 24.8 Å². The highest BCUT2D eigenvalue weighted by Gasteiger charge is 2.25. The normalized spacial score (nSPS) is 14.4. The Balaban J connectivity index is 1.76. The van der Waals surface area contributed by atoms with Gasteiger partial charge in [-0.2, -0.15) is 0 Å². The van der Waals surface area contributed by atoms with E-state index in [0.29, 0.717) is 11.6 Å². The van der Waals surface area contributed by atoms with E-state index in [-0.39, 0.29) is 18.0 Å². The Bertz CT molecular complexity index is 675. The van der Waals surface area contributed by atoms with Gasteiger partial charge in [-0.1, -0.05) is 31.2 Å². The third-order valence-electron chi connectivity index (χ3n) is 3.81. The van der Waals surface area contributed by atoms with Crippen LogP contribution in [0.3, 0.4) is 0 Å². The maximum absolute atomic E-state index is 12.2. The third kappa shape index (κ3) is 2.46. The van der Waals surface area contributed by atoms with E-state index in [0.717, 1.165) is 19.3 Å². The predicted octanol–water partition coefficient (Wildman–Crippen LogP) is 2.43. The Hall–Kier alpha value is -2.10. The second-order valence-corrected chi connectivity index (χ2v) is 5.32. The highest BCUT2D eigenvalue weighted by atomic mass is 16.2. The van der Waals surface area contributed by atoms with Crippen LogP contribution >= 0.6 is 0 Å². The molecule has 20 heavy (non-hydrogen) atoms. The van der Waals surface area contributed by atoms with E-state index in [1.165, 1.54) is 10.1 Å². The highest BCUT2D eigenvalue weighted by Crippen LogP contribution is 2.33. The molecule has 0 unspecified atom stereocenters. The van der Waals surface area contributed by atoms with Gasteiger partial charge in [0.05, 0.1) is 6.54 Å². The lowest BCUT2D eigenvalue weighted by Gasteiger charge is -2.03. The highest BCUT2D eigenvalue weighted by molar-refractivity contribution is 5.95. The number of carbonyl (C=O) groups excluding carboxylic acids is 1. The molecule has 104 valence electrons. The Morgan fingerprint density at radius 2 is 1.90 bits per heavy atom. The van der Waals surface area contributed by atoms with Crippen molar-refractivity contribution in [3.8, 4) is 0 Å². The van der Waals surface area contributed by atoms with E-state index >= 15 is 0 Å². The van der Waals surface area contributed by atoms with Gasteiger partial charge in [0.15, 0.2) is 5.78 Å². The molecule has 1 fully saturated rings. The first-order chi connectivity index (χ1) is 9.69. The van der Waals surface area contributed by atoms with Crippen LogP contribution in [0.1, 0.15) is 41.7 Å². The minimum atomic E-state index is -0.0778. The number of imidazole rings is 1. The van der Waals surface area contributed by atoms with Gasteiger partial charge < -0.3 is 0 Å². The van der Waals surface area contributed by atoms with Crippen molar-refractivity contribution in [1.82, 2.24) is 9.13 Å². The SMILES string of the molecule is CCc1ccc(C(=O)Cn2ccn(C3CC3)c2=O)cc1. The van der Waals surface area contributed by atoms with Gasteiger partial charge in [0.25, 0.3) is 0 Å². The van der Waals surface area contributed by atoms with Crippen molar-refractivity contribution in [2.24, 2.45) is 0 Å². The van der Waals surface area contributed by atoms with Crippen LogP contribution in [-0.4, -0.2) is 14.9 Å². The molecule has 4 nitrogen and oxygen atoms in total. The summed E-state index contributed by atoms with van der Waals surface area (Å²) in [4.78, 5) is 24.3. The molecule has 0 aliphatic heterocycles. The molecular formula is C16H18N2O2. The van der Waals surface area contributed by atoms with Crippen molar-refractivity contribution in [1.29, 1.82) is 0 Å². The minimum absolute atomic E-state index is 0.0247. The second-order valence-electron chi connectivity index (χ2n) is 5.32. The molecule has 1 aliphatic rings. The van der Waals surface area contributed by atoms with Gasteiger partial charge in [-0.25, -0.2) is 4.79 Å². The summed E-state index contributed by atoms with van der Waals surface area (Å²) in [5, 5.41) is 0. The van der Waals surface area contributed by atoms with Crippen molar-refractivity contribution in [3.63, 3.8) is 0 Å². The predicted molar refractivity (Wildman–Crippen MR) is 77.1 cm³/mol. The first-order valence-electron chi connectivity index (χ1n) is 7.08. The molecule has 0 spiro atoms. The van der Waals surface area contributed by atoms with E-state index in [2.05, 4.69) is 6.92 Å². The molecule has 0 atom stereocenters. The average Bonchev–Trinajstić information content (AvgIpc) is 3.25. The van der Waals surface area contributed by atoms with Crippen LogP contribution in [0.4, 0.5) is 0 Å². The first-order valence-corrected chi connectivity index (χ1v) is 7.08. The Morgan fingerprint density at radius 1 is 1.20 bits per heavy atom. The van der Waals surface area contributed by atoms with Crippen LogP contribution in [0.5, 0.6) is 0 Å². The van der Waals surface area contributed by atoms with Gasteiger partial charge in [0.2, 0.25) is 0 Å². The molecule has 0 amide bonds. The molecule has 1 aliphatic carbocycles. The molecule has 4 heteroatoms. The molecular weight excluding hydrogens is 252 g/mol. The largest absolute Gasteiger partial charge is 0.328 e. The van der Waals surface area contributed by atoms with Crippen LogP contribution in [0.15, 0.2) is 41.5 Å². The standard InChI is InChI=1S/C16H18N2O2/c1-2-12-3-5-13(6-4-12)15(19)11-17-9-10-18(16(17)20)14-7-8-14/h3-6,9-10,14H,2,7-8,11H2,1H3. The van der Waals surface area contributed by atoms with E-state index in [4.69, 9.17) is 0 Å². The fraction of sp³-hybridized carbons (Fsp3) is 0.375. The third-order valence-corrected chi connectivity index (χ3v) is 3.81. The van der Waals surface area contributed by atoms with Crippen LogP contribution < -0.4 is 5.69 Å².